The van der Waals surface area contributed by atoms with Gasteiger partial charge in [0.1, 0.15) is 18.5 Å². The van der Waals surface area contributed by atoms with Crippen LogP contribution in [-0.4, -0.2) is 42.4 Å². The molecule has 1 fully saturated rings. The van der Waals surface area contributed by atoms with Gasteiger partial charge < -0.3 is 14.7 Å². The second kappa shape index (κ2) is 8.90. The lowest BCUT2D eigenvalue weighted by Crippen LogP contribution is -2.41. The first-order chi connectivity index (χ1) is 13.3. The highest BCUT2D eigenvalue weighted by molar-refractivity contribution is 5.38. The van der Waals surface area contributed by atoms with Gasteiger partial charge in [-0.1, -0.05) is 36.4 Å². The van der Waals surface area contributed by atoms with Gasteiger partial charge in [0.2, 0.25) is 0 Å². The topological polar surface area (TPSA) is 32.7 Å². The molecular formula is C24H31NO2. The Morgan fingerprint density at radius 3 is 2.59 bits per heavy atom. The highest BCUT2D eigenvalue weighted by Gasteiger charge is 2.21. The quantitative estimate of drug-likeness (QED) is 0.808. The SMILES string of the molecule is O[C@@H](COc1ccc2c(c1)CCC2)CN1CCC(Cc2ccccc2)CC1. The van der Waals surface area contributed by atoms with Gasteiger partial charge in [0.15, 0.2) is 0 Å². The Kier molecular flexibility index (Phi) is 6.10. The number of likely N-dealkylation sites (tertiary alicyclic amines) is 1. The number of aryl methyl sites for hydroxylation is 2. The minimum atomic E-state index is -0.427. The number of piperidine rings is 1. The van der Waals surface area contributed by atoms with Gasteiger partial charge in [-0.25, -0.2) is 0 Å². The number of nitrogens with zero attached hydrogens (tertiary/aromatic N) is 1. The van der Waals surface area contributed by atoms with Crippen molar-refractivity contribution in [3.05, 3.63) is 65.2 Å². The molecule has 0 amide bonds. The molecular weight excluding hydrogens is 334 g/mol. The van der Waals surface area contributed by atoms with Crippen LogP contribution in [0.5, 0.6) is 5.75 Å². The smallest absolute Gasteiger partial charge is 0.119 e. The standard InChI is InChI=1S/C24H31NO2/c26-23(18-27-24-10-9-21-7-4-8-22(21)16-24)17-25-13-11-20(12-14-25)15-19-5-2-1-3-6-19/h1-3,5-6,9-10,16,20,23,26H,4,7-8,11-15,17-18H2/t23-/m1/s1. The molecule has 1 N–H and O–H groups in total. The lowest BCUT2D eigenvalue weighted by Gasteiger charge is -2.33. The highest BCUT2D eigenvalue weighted by Crippen LogP contribution is 2.26. The summed E-state index contributed by atoms with van der Waals surface area (Å²) in [6.07, 6.45) is 6.79. The molecule has 3 heteroatoms. The number of benzene rings is 2. The first-order valence-corrected chi connectivity index (χ1v) is 10.5. The van der Waals surface area contributed by atoms with Gasteiger partial charge in [0.05, 0.1) is 0 Å². The molecule has 3 nitrogen and oxygen atoms in total. The van der Waals surface area contributed by atoms with Crippen LogP contribution in [0.15, 0.2) is 48.5 Å². The minimum absolute atomic E-state index is 0.378. The summed E-state index contributed by atoms with van der Waals surface area (Å²) >= 11 is 0. The van der Waals surface area contributed by atoms with E-state index in [1.807, 2.05) is 6.07 Å². The van der Waals surface area contributed by atoms with E-state index in [9.17, 15) is 5.11 Å². The number of hydrogen-bond donors (Lipinski definition) is 1. The molecule has 0 aromatic heterocycles. The number of rotatable bonds is 7. The van der Waals surface area contributed by atoms with E-state index in [4.69, 9.17) is 4.74 Å². The van der Waals surface area contributed by atoms with Crippen LogP contribution in [0.1, 0.15) is 36.0 Å². The van der Waals surface area contributed by atoms with Gasteiger partial charge in [-0.15, -0.1) is 0 Å². The summed E-state index contributed by atoms with van der Waals surface area (Å²) in [7, 11) is 0. The Labute approximate surface area is 163 Å². The zero-order valence-corrected chi connectivity index (χ0v) is 16.1. The van der Waals surface area contributed by atoms with E-state index in [2.05, 4.69) is 47.4 Å². The van der Waals surface area contributed by atoms with Crippen LogP contribution in [0.25, 0.3) is 0 Å². The van der Waals surface area contributed by atoms with Crippen molar-refractivity contribution >= 4 is 0 Å². The zero-order valence-electron chi connectivity index (χ0n) is 16.1. The van der Waals surface area contributed by atoms with Crippen molar-refractivity contribution < 1.29 is 9.84 Å². The summed E-state index contributed by atoms with van der Waals surface area (Å²) in [6, 6.07) is 17.2. The zero-order chi connectivity index (χ0) is 18.5. The molecule has 1 aliphatic carbocycles. The minimum Gasteiger partial charge on any atom is -0.491 e. The maximum Gasteiger partial charge on any atom is 0.119 e. The van der Waals surface area contributed by atoms with Crippen LogP contribution in [0.2, 0.25) is 0 Å². The highest BCUT2D eigenvalue weighted by atomic mass is 16.5. The number of ether oxygens (including phenoxy) is 1. The molecule has 0 unspecified atom stereocenters. The van der Waals surface area contributed by atoms with E-state index >= 15 is 0 Å². The van der Waals surface area contributed by atoms with Crippen LogP contribution in [0, 0.1) is 5.92 Å². The Hall–Kier alpha value is -1.84. The van der Waals surface area contributed by atoms with Crippen LogP contribution >= 0.6 is 0 Å². The third-order valence-electron chi connectivity index (χ3n) is 6.06. The van der Waals surface area contributed by atoms with Crippen molar-refractivity contribution in [2.75, 3.05) is 26.2 Å². The largest absolute Gasteiger partial charge is 0.491 e. The third-order valence-corrected chi connectivity index (χ3v) is 6.06. The lowest BCUT2D eigenvalue weighted by molar-refractivity contribution is 0.0550. The second-order valence-corrected chi connectivity index (χ2v) is 8.18. The van der Waals surface area contributed by atoms with Crippen molar-refractivity contribution in [2.24, 2.45) is 5.92 Å². The number of β-amino-alcohol motifs (C(OH)–C–C–N with tert-alkyl or cyclic N) is 1. The molecule has 2 aromatic rings. The van der Waals surface area contributed by atoms with E-state index in [-0.39, 0.29) is 0 Å². The normalized spacial score (nSPS) is 19.0. The van der Waals surface area contributed by atoms with E-state index in [1.165, 1.54) is 48.8 Å². The summed E-state index contributed by atoms with van der Waals surface area (Å²) in [4.78, 5) is 2.39. The van der Waals surface area contributed by atoms with Gasteiger partial charge in [-0.05, 0) is 86.4 Å². The molecule has 1 atom stereocenters. The van der Waals surface area contributed by atoms with Crippen LogP contribution in [0.3, 0.4) is 0 Å². The van der Waals surface area contributed by atoms with Gasteiger partial charge in [-0.3, -0.25) is 0 Å². The molecule has 0 saturated carbocycles. The molecule has 1 heterocycles. The molecule has 144 valence electrons. The summed E-state index contributed by atoms with van der Waals surface area (Å²) in [6.45, 7) is 3.24. The van der Waals surface area contributed by atoms with Crippen LogP contribution < -0.4 is 4.74 Å². The molecule has 27 heavy (non-hydrogen) atoms. The van der Waals surface area contributed by atoms with E-state index in [0.29, 0.717) is 13.2 Å². The Morgan fingerprint density at radius 2 is 1.78 bits per heavy atom. The number of hydrogen-bond acceptors (Lipinski definition) is 3. The predicted octanol–water partition coefficient (Wildman–Crippen LogP) is 3.87. The molecule has 2 aromatic carbocycles. The Bertz CT molecular complexity index is 722. The first kappa shape index (κ1) is 18.5. The summed E-state index contributed by atoms with van der Waals surface area (Å²) in [5.74, 6) is 1.67. The molecule has 1 saturated heterocycles. The van der Waals surface area contributed by atoms with Crippen molar-refractivity contribution in [3.63, 3.8) is 0 Å². The lowest BCUT2D eigenvalue weighted by atomic mass is 9.90. The molecule has 0 bridgehead atoms. The van der Waals surface area contributed by atoms with Crippen molar-refractivity contribution in [3.8, 4) is 5.75 Å². The maximum absolute atomic E-state index is 10.4. The Balaban J connectivity index is 1.18. The predicted molar refractivity (Wildman–Crippen MR) is 109 cm³/mol. The average Bonchev–Trinajstić information content (AvgIpc) is 3.17. The molecule has 0 spiro atoms. The third kappa shape index (κ3) is 5.12. The van der Waals surface area contributed by atoms with Gasteiger partial charge >= 0.3 is 0 Å². The monoisotopic (exact) mass is 365 g/mol. The summed E-state index contributed by atoms with van der Waals surface area (Å²) < 4.78 is 5.86. The molecule has 0 radical (unpaired) electrons. The second-order valence-electron chi connectivity index (χ2n) is 8.18. The van der Waals surface area contributed by atoms with E-state index in [1.54, 1.807) is 0 Å². The van der Waals surface area contributed by atoms with Crippen LogP contribution in [-0.2, 0) is 19.3 Å². The fourth-order valence-electron chi connectivity index (χ4n) is 4.50. The number of aliphatic hydroxyl groups excluding tert-OH is 1. The number of aliphatic hydroxyl groups is 1. The fraction of sp³-hybridized carbons (Fsp3) is 0.500. The Morgan fingerprint density at radius 1 is 1.00 bits per heavy atom. The molecule has 2 aliphatic rings. The van der Waals surface area contributed by atoms with Crippen molar-refractivity contribution in [1.82, 2.24) is 4.90 Å². The van der Waals surface area contributed by atoms with Crippen LogP contribution in [0.4, 0.5) is 0 Å². The summed E-state index contributed by atoms with van der Waals surface area (Å²) in [5, 5.41) is 10.4. The summed E-state index contributed by atoms with van der Waals surface area (Å²) in [5.41, 5.74) is 4.32. The van der Waals surface area contributed by atoms with E-state index < -0.39 is 6.10 Å². The number of fused-ring (bicyclic) bond motifs is 1. The molecule has 4 rings (SSSR count). The van der Waals surface area contributed by atoms with Gasteiger partial charge in [0.25, 0.3) is 0 Å². The average molecular weight is 366 g/mol. The first-order valence-electron chi connectivity index (χ1n) is 10.5. The molecule has 1 aliphatic heterocycles. The maximum atomic E-state index is 10.4. The fourth-order valence-corrected chi connectivity index (χ4v) is 4.50. The van der Waals surface area contributed by atoms with E-state index in [0.717, 1.165) is 31.2 Å². The van der Waals surface area contributed by atoms with Crippen molar-refractivity contribution in [1.29, 1.82) is 0 Å². The van der Waals surface area contributed by atoms with Gasteiger partial charge in [0, 0.05) is 6.54 Å². The van der Waals surface area contributed by atoms with Crippen molar-refractivity contribution in [2.45, 2.75) is 44.6 Å². The van der Waals surface area contributed by atoms with Gasteiger partial charge in [-0.2, -0.15) is 0 Å².